The van der Waals surface area contributed by atoms with Crippen molar-refractivity contribution in [2.45, 2.75) is 26.7 Å². The molecule has 0 unspecified atom stereocenters. The van der Waals surface area contributed by atoms with Crippen molar-refractivity contribution in [2.75, 3.05) is 26.2 Å². The van der Waals surface area contributed by atoms with Crippen molar-refractivity contribution >= 4 is 23.6 Å². The van der Waals surface area contributed by atoms with Gasteiger partial charge < -0.3 is 21.3 Å². The van der Waals surface area contributed by atoms with Gasteiger partial charge in [0.1, 0.15) is 0 Å². The quantitative estimate of drug-likeness (QED) is 0.377. The summed E-state index contributed by atoms with van der Waals surface area (Å²) in [6.07, 6.45) is 0.409. The molecular formula is C12H22N4O4. The third-order valence-corrected chi connectivity index (χ3v) is 2.22. The largest absolute Gasteiger partial charge is 0.356 e. The summed E-state index contributed by atoms with van der Waals surface area (Å²) in [4.78, 5) is 43.7. The first-order valence-electron chi connectivity index (χ1n) is 6.44. The summed E-state index contributed by atoms with van der Waals surface area (Å²) in [5.74, 6) is -0.731. The van der Waals surface area contributed by atoms with Crippen LogP contribution in [0.15, 0.2) is 0 Å². The zero-order valence-corrected chi connectivity index (χ0v) is 11.9. The molecule has 0 aromatic heterocycles. The predicted octanol–water partition coefficient (Wildman–Crippen LogP) is -1.73. The van der Waals surface area contributed by atoms with Gasteiger partial charge in [0.05, 0.1) is 0 Å². The summed E-state index contributed by atoms with van der Waals surface area (Å²) in [5.41, 5.74) is 0. The Morgan fingerprint density at radius 3 is 1.25 bits per heavy atom. The smallest absolute Gasteiger partial charge is 0.221 e. The van der Waals surface area contributed by atoms with Crippen LogP contribution in [0.25, 0.3) is 0 Å². The molecule has 8 nitrogen and oxygen atoms in total. The molecule has 4 N–H and O–H groups in total. The van der Waals surface area contributed by atoms with Gasteiger partial charge in [0.25, 0.3) is 0 Å². The molecule has 0 saturated carbocycles. The molecule has 0 heterocycles. The molecule has 20 heavy (non-hydrogen) atoms. The van der Waals surface area contributed by atoms with Gasteiger partial charge in [-0.3, -0.25) is 19.2 Å². The summed E-state index contributed by atoms with van der Waals surface area (Å²) >= 11 is 0. The van der Waals surface area contributed by atoms with E-state index in [4.69, 9.17) is 0 Å². The molecule has 0 aliphatic heterocycles. The molecule has 0 spiro atoms. The first-order chi connectivity index (χ1) is 9.41. The Kier molecular flexibility index (Phi) is 9.63. The van der Waals surface area contributed by atoms with E-state index in [0.717, 1.165) is 0 Å². The van der Waals surface area contributed by atoms with Crippen molar-refractivity contribution in [3.63, 3.8) is 0 Å². The Labute approximate surface area is 118 Å². The van der Waals surface area contributed by atoms with Crippen molar-refractivity contribution in [1.82, 2.24) is 21.3 Å². The minimum Gasteiger partial charge on any atom is -0.356 e. The first kappa shape index (κ1) is 17.9. The van der Waals surface area contributed by atoms with E-state index in [1.165, 1.54) is 13.8 Å². The summed E-state index contributed by atoms with van der Waals surface area (Å²) in [6, 6.07) is 0. The summed E-state index contributed by atoms with van der Waals surface area (Å²) in [6.45, 7) is 4.01. The topological polar surface area (TPSA) is 116 Å². The third kappa shape index (κ3) is 12.3. The number of nitrogens with one attached hydrogen (secondary N) is 4. The van der Waals surface area contributed by atoms with Crippen molar-refractivity contribution in [1.29, 1.82) is 0 Å². The molecule has 0 fully saturated rings. The predicted molar refractivity (Wildman–Crippen MR) is 72.6 cm³/mol. The minimum absolute atomic E-state index is 0.177. The lowest BCUT2D eigenvalue weighted by Gasteiger charge is -2.07. The van der Waals surface area contributed by atoms with Gasteiger partial charge in [0, 0.05) is 52.9 Å². The number of carbonyl (C=O) groups is 4. The fourth-order valence-electron chi connectivity index (χ4n) is 1.28. The normalized spacial score (nSPS) is 9.50. The molecule has 4 amide bonds. The minimum atomic E-state index is -0.189. The number of hydrogen-bond acceptors (Lipinski definition) is 4. The Morgan fingerprint density at radius 1 is 0.600 bits per heavy atom. The molecule has 0 aromatic rings. The maximum absolute atomic E-state index is 11.3. The fourth-order valence-corrected chi connectivity index (χ4v) is 1.28. The highest BCUT2D eigenvalue weighted by Crippen LogP contribution is 1.79. The number of amides is 4. The molecule has 0 radical (unpaired) electrons. The summed E-state index contributed by atoms with van der Waals surface area (Å²) in [7, 11) is 0. The number of hydrogen-bond donors (Lipinski definition) is 4. The third-order valence-electron chi connectivity index (χ3n) is 2.22. The average Bonchev–Trinajstić information content (AvgIpc) is 2.33. The van der Waals surface area contributed by atoms with Crippen molar-refractivity contribution in [2.24, 2.45) is 0 Å². The van der Waals surface area contributed by atoms with E-state index in [0.29, 0.717) is 26.2 Å². The SMILES string of the molecule is CC(=O)NCCC(=O)NCCNC(=O)CCNC(C)=O. The standard InChI is InChI=1S/C12H22N4O4/c1-9(17)13-5-3-11(19)15-7-8-16-12(20)4-6-14-10(2)18/h3-8H2,1-2H3,(H,13,17)(H,14,18)(H,15,19)(H,16,20). The second-order valence-corrected chi connectivity index (χ2v) is 4.17. The zero-order valence-electron chi connectivity index (χ0n) is 11.9. The second kappa shape index (κ2) is 10.8. The van der Waals surface area contributed by atoms with Gasteiger partial charge >= 0.3 is 0 Å². The number of rotatable bonds is 9. The summed E-state index contributed by atoms with van der Waals surface area (Å²) < 4.78 is 0. The first-order valence-corrected chi connectivity index (χ1v) is 6.44. The van der Waals surface area contributed by atoms with Gasteiger partial charge in [-0.15, -0.1) is 0 Å². The number of carbonyl (C=O) groups excluding carboxylic acids is 4. The molecular weight excluding hydrogens is 264 g/mol. The Balaban J connectivity index is 3.46. The van der Waals surface area contributed by atoms with Gasteiger partial charge in [0.2, 0.25) is 23.6 Å². The van der Waals surface area contributed by atoms with Crippen LogP contribution in [0, 0.1) is 0 Å². The van der Waals surface area contributed by atoms with E-state index in [9.17, 15) is 19.2 Å². The van der Waals surface area contributed by atoms with Gasteiger partial charge in [-0.2, -0.15) is 0 Å². The lowest BCUT2D eigenvalue weighted by Crippen LogP contribution is -2.37. The van der Waals surface area contributed by atoms with Crippen LogP contribution in [-0.4, -0.2) is 49.8 Å². The molecule has 0 rings (SSSR count). The van der Waals surface area contributed by atoms with Crippen LogP contribution in [-0.2, 0) is 19.2 Å². The van der Waals surface area contributed by atoms with Gasteiger partial charge in [-0.25, -0.2) is 0 Å². The van der Waals surface area contributed by atoms with Gasteiger partial charge in [-0.05, 0) is 0 Å². The zero-order chi connectivity index (χ0) is 15.4. The van der Waals surface area contributed by atoms with Crippen molar-refractivity contribution in [3.8, 4) is 0 Å². The Bertz CT molecular complexity index is 323. The molecule has 0 saturated heterocycles. The van der Waals surface area contributed by atoms with Crippen LogP contribution in [0.3, 0.4) is 0 Å². The molecule has 8 heteroatoms. The summed E-state index contributed by atoms with van der Waals surface area (Å²) in [5, 5.41) is 10.2. The van der Waals surface area contributed by atoms with Crippen LogP contribution in [0.1, 0.15) is 26.7 Å². The highest BCUT2D eigenvalue weighted by atomic mass is 16.2. The maximum atomic E-state index is 11.3. The van der Waals surface area contributed by atoms with Crippen molar-refractivity contribution in [3.05, 3.63) is 0 Å². The molecule has 0 aliphatic rings. The lowest BCUT2D eigenvalue weighted by molar-refractivity contribution is -0.123. The van der Waals surface area contributed by atoms with E-state index in [1.54, 1.807) is 0 Å². The highest BCUT2D eigenvalue weighted by molar-refractivity contribution is 5.79. The molecule has 0 atom stereocenters. The van der Waals surface area contributed by atoms with Crippen LogP contribution >= 0.6 is 0 Å². The highest BCUT2D eigenvalue weighted by Gasteiger charge is 2.03. The van der Waals surface area contributed by atoms with Crippen LogP contribution in [0.5, 0.6) is 0 Å². The monoisotopic (exact) mass is 286 g/mol. The lowest BCUT2D eigenvalue weighted by atomic mass is 10.3. The molecule has 0 aromatic carbocycles. The fraction of sp³-hybridized carbons (Fsp3) is 0.667. The van der Waals surface area contributed by atoms with Crippen molar-refractivity contribution < 1.29 is 19.2 Å². The molecule has 0 bridgehead atoms. The van der Waals surface area contributed by atoms with E-state index in [1.807, 2.05) is 0 Å². The Morgan fingerprint density at radius 2 is 0.950 bits per heavy atom. The van der Waals surface area contributed by atoms with Gasteiger partial charge in [0.15, 0.2) is 0 Å². The second-order valence-electron chi connectivity index (χ2n) is 4.17. The van der Waals surface area contributed by atoms with E-state index < -0.39 is 0 Å². The molecule has 0 aliphatic carbocycles. The molecule has 114 valence electrons. The van der Waals surface area contributed by atoms with Gasteiger partial charge in [-0.1, -0.05) is 0 Å². The maximum Gasteiger partial charge on any atom is 0.221 e. The van der Waals surface area contributed by atoms with Crippen LogP contribution in [0.2, 0.25) is 0 Å². The Hall–Kier alpha value is -2.12. The van der Waals surface area contributed by atoms with E-state index in [-0.39, 0.29) is 36.5 Å². The van der Waals surface area contributed by atoms with Crippen LogP contribution in [0.4, 0.5) is 0 Å². The van der Waals surface area contributed by atoms with E-state index >= 15 is 0 Å². The average molecular weight is 286 g/mol. The van der Waals surface area contributed by atoms with E-state index in [2.05, 4.69) is 21.3 Å². The van der Waals surface area contributed by atoms with Crippen LogP contribution < -0.4 is 21.3 Å².